The Labute approximate surface area is 115 Å². The van der Waals surface area contributed by atoms with Crippen LogP contribution in [0.1, 0.15) is 11.5 Å². The number of rotatable bonds is 3. The largest absolute Gasteiger partial charge is 0.468 e. The fraction of sp³-hybridized carbons (Fsp3) is 0.357. The van der Waals surface area contributed by atoms with Gasteiger partial charge in [0, 0.05) is 0 Å². The first kappa shape index (κ1) is 14.0. The third-order valence-corrected chi connectivity index (χ3v) is 3.26. The molecule has 0 bridgehead atoms. The predicted molar refractivity (Wildman–Crippen MR) is 66.6 cm³/mol. The maximum Gasteiger partial charge on any atom is 0.347 e. The molecular weight excluding hydrogens is 264 g/mol. The van der Waals surface area contributed by atoms with Crippen LogP contribution in [0.5, 0.6) is 0 Å². The van der Waals surface area contributed by atoms with Crippen molar-refractivity contribution in [3.05, 3.63) is 35.9 Å². The minimum atomic E-state index is -1.16. The van der Waals surface area contributed by atoms with Gasteiger partial charge >= 0.3 is 17.9 Å². The van der Waals surface area contributed by atoms with E-state index in [-0.39, 0.29) is 0 Å². The van der Waals surface area contributed by atoms with Gasteiger partial charge in [-0.1, -0.05) is 30.3 Å². The molecule has 0 aliphatic carbocycles. The van der Waals surface area contributed by atoms with Crippen LogP contribution in [0.15, 0.2) is 30.3 Å². The first-order valence-corrected chi connectivity index (χ1v) is 6.01. The summed E-state index contributed by atoms with van der Waals surface area (Å²) in [6.07, 6.45) is -1.14. The van der Waals surface area contributed by atoms with Gasteiger partial charge in [0.05, 0.1) is 20.1 Å². The van der Waals surface area contributed by atoms with Crippen LogP contribution in [-0.4, -0.2) is 38.2 Å². The number of carbonyl (C=O) groups is 3. The summed E-state index contributed by atoms with van der Waals surface area (Å²) < 4.78 is 14.3. The molecule has 0 amide bonds. The molecule has 1 aliphatic heterocycles. The first-order chi connectivity index (χ1) is 9.60. The Morgan fingerprint density at radius 1 is 1.05 bits per heavy atom. The molecular formula is C14H14O6. The van der Waals surface area contributed by atoms with Crippen molar-refractivity contribution < 1.29 is 28.6 Å². The van der Waals surface area contributed by atoms with E-state index in [1.807, 2.05) is 0 Å². The van der Waals surface area contributed by atoms with Crippen molar-refractivity contribution in [1.29, 1.82) is 0 Å². The normalized spacial score (nSPS) is 24.9. The van der Waals surface area contributed by atoms with E-state index in [4.69, 9.17) is 4.74 Å². The lowest BCUT2D eigenvalue weighted by Gasteiger charge is -2.18. The zero-order valence-electron chi connectivity index (χ0n) is 11.1. The van der Waals surface area contributed by atoms with Crippen molar-refractivity contribution in [3.63, 3.8) is 0 Å². The molecule has 0 aromatic heterocycles. The molecule has 6 nitrogen and oxygen atoms in total. The second kappa shape index (κ2) is 5.73. The Hall–Kier alpha value is -2.37. The Bertz CT molecular complexity index is 524. The standard InChI is InChI=1S/C14H14O6/c1-18-12(15)10-9(8-6-4-3-5-7-8)11(14(17)19-2)20-13(10)16/h3-7,9-11H,1-2H3. The Morgan fingerprint density at radius 3 is 2.20 bits per heavy atom. The molecule has 106 valence electrons. The number of cyclic esters (lactones) is 1. The molecule has 1 fully saturated rings. The van der Waals surface area contributed by atoms with Crippen molar-refractivity contribution in [2.75, 3.05) is 14.2 Å². The summed E-state index contributed by atoms with van der Waals surface area (Å²) in [5, 5.41) is 0. The van der Waals surface area contributed by atoms with E-state index in [2.05, 4.69) is 9.47 Å². The van der Waals surface area contributed by atoms with Crippen LogP contribution in [0, 0.1) is 5.92 Å². The summed E-state index contributed by atoms with van der Waals surface area (Å²) in [5.41, 5.74) is 0.643. The second-order valence-electron chi connectivity index (χ2n) is 4.32. The van der Waals surface area contributed by atoms with Gasteiger partial charge in [-0.05, 0) is 5.56 Å². The van der Waals surface area contributed by atoms with Gasteiger partial charge in [-0.25, -0.2) is 4.79 Å². The van der Waals surface area contributed by atoms with Crippen LogP contribution in [0.25, 0.3) is 0 Å². The molecule has 1 heterocycles. The second-order valence-corrected chi connectivity index (χ2v) is 4.32. The highest BCUT2D eigenvalue weighted by Crippen LogP contribution is 2.38. The number of hydrogen-bond acceptors (Lipinski definition) is 6. The van der Waals surface area contributed by atoms with Crippen LogP contribution < -0.4 is 0 Å². The van der Waals surface area contributed by atoms with Gasteiger partial charge in [0.15, 0.2) is 5.92 Å². The van der Waals surface area contributed by atoms with E-state index >= 15 is 0 Å². The van der Waals surface area contributed by atoms with E-state index in [1.165, 1.54) is 14.2 Å². The number of hydrogen-bond donors (Lipinski definition) is 0. The summed E-state index contributed by atoms with van der Waals surface area (Å²) in [5.74, 6) is -4.11. The number of esters is 3. The lowest BCUT2D eigenvalue weighted by Crippen LogP contribution is -2.31. The van der Waals surface area contributed by atoms with Gasteiger partial charge in [0.25, 0.3) is 0 Å². The molecule has 1 saturated heterocycles. The minimum absolute atomic E-state index is 0.643. The van der Waals surface area contributed by atoms with Gasteiger partial charge in [0.1, 0.15) is 0 Å². The van der Waals surface area contributed by atoms with E-state index in [9.17, 15) is 14.4 Å². The Balaban J connectivity index is 2.44. The molecule has 1 aliphatic rings. The Morgan fingerprint density at radius 2 is 1.65 bits per heavy atom. The van der Waals surface area contributed by atoms with Crippen molar-refractivity contribution in [3.8, 4) is 0 Å². The highest BCUT2D eigenvalue weighted by molar-refractivity contribution is 6.00. The van der Waals surface area contributed by atoms with Crippen LogP contribution in [0.2, 0.25) is 0 Å². The fourth-order valence-electron chi connectivity index (χ4n) is 2.32. The summed E-state index contributed by atoms with van der Waals surface area (Å²) in [6.45, 7) is 0. The fourth-order valence-corrected chi connectivity index (χ4v) is 2.32. The van der Waals surface area contributed by atoms with Crippen LogP contribution in [-0.2, 0) is 28.6 Å². The lowest BCUT2D eigenvalue weighted by atomic mass is 9.84. The van der Waals surface area contributed by atoms with Crippen molar-refractivity contribution in [2.45, 2.75) is 12.0 Å². The van der Waals surface area contributed by atoms with Gasteiger partial charge in [-0.2, -0.15) is 0 Å². The Kier molecular flexibility index (Phi) is 4.02. The van der Waals surface area contributed by atoms with Gasteiger partial charge < -0.3 is 14.2 Å². The highest BCUT2D eigenvalue weighted by Gasteiger charge is 2.53. The van der Waals surface area contributed by atoms with Crippen LogP contribution in [0.4, 0.5) is 0 Å². The van der Waals surface area contributed by atoms with Gasteiger partial charge in [-0.15, -0.1) is 0 Å². The zero-order valence-corrected chi connectivity index (χ0v) is 11.1. The van der Waals surface area contributed by atoms with Crippen molar-refractivity contribution in [2.24, 2.45) is 5.92 Å². The molecule has 6 heteroatoms. The smallest absolute Gasteiger partial charge is 0.347 e. The molecule has 0 radical (unpaired) electrons. The summed E-state index contributed by atoms with van der Waals surface area (Å²) in [7, 11) is 2.38. The van der Waals surface area contributed by atoms with E-state index in [1.54, 1.807) is 30.3 Å². The monoisotopic (exact) mass is 278 g/mol. The predicted octanol–water partition coefficient (Wildman–Crippen LogP) is 0.658. The molecule has 20 heavy (non-hydrogen) atoms. The lowest BCUT2D eigenvalue weighted by molar-refractivity contribution is -0.162. The number of benzene rings is 1. The molecule has 1 aromatic rings. The van der Waals surface area contributed by atoms with Gasteiger partial charge in [0.2, 0.25) is 6.10 Å². The maximum absolute atomic E-state index is 11.9. The molecule has 0 N–H and O–H groups in total. The average molecular weight is 278 g/mol. The van der Waals surface area contributed by atoms with E-state index in [0.717, 1.165) is 0 Å². The summed E-state index contributed by atoms with van der Waals surface area (Å²) in [6, 6.07) is 8.74. The quantitative estimate of drug-likeness (QED) is 0.459. The molecule has 3 unspecified atom stereocenters. The minimum Gasteiger partial charge on any atom is -0.468 e. The topological polar surface area (TPSA) is 78.9 Å². The average Bonchev–Trinajstić information content (AvgIpc) is 2.84. The van der Waals surface area contributed by atoms with Crippen molar-refractivity contribution in [1.82, 2.24) is 0 Å². The van der Waals surface area contributed by atoms with Crippen LogP contribution in [0.3, 0.4) is 0 Å². The molecule has 3 atom stereocenters. The van der Waals surface area contributed by atoms with Gasteiger partial charge in [-0.3, -0.25) is 9.59 Å². The first-order valence-electron chi connectivity index (χ1n) is 6.01. The SMILES string of the molecule is COC(=O)C1OC(=O)C(C(=O)OC)C1c1ccccc1. The summed E-state index contributed by atoms with van der Waals surface area (Å²) >= 11 is 0. The van der Waals surface area contributed by atoms with E-state index in [0.29, 0.717) is 5.56 Å². The highest BCUT2D eigenvalue weighted by atomic mass is 16.6. The van der Waals surface area contributed by atoms with Crippen LogP contribution >= 0.6 is 0 Å². The molecule has 0 saturated carbocycles. The van der Waals surface area contributed by atoms with Crippen molar-refractivity contribution >= 4 is 17.9 Å². The number of carbonyl (C=O) groups excluding carboxylic acids is 3. The van der Waals surface area contributed by atoms with E-state index < -0.39 is 35.8 Å². The third kappa shape index (κ3) is 2.36. The molecule has 2 rings (SSSR count). The molecule has 1 aromatic carbocycles. The summed E-state index contributed by atoms with van der Waals surface area (Å²) in [4.78, 5) is 35.4. The third-order valence-electron chi connectivity index (χ3n) is 3.26. The molecule has 0 spiro atoms. The number of ether oxygens (including phenoxy) is 3. The zero-order chi connectivity index (χ0) is 14.7. The number of methoxy groups -OCH3 is 2. The maximum atomic E-state index is 11.9.